The molecule has 0 aliphatic heterocycles. The maximum atomic E-state index is 13.6. The average Bonchev–Trinajstić information content (AvgIpc) is 2.67. The van der Waals surface area contributed by atoms with Gasteiger partial charge in [0.15, 0.2) is 0 Å². The maximum absolute atomic E-state index is 13.6. The molecule has 0 bridgehead atoms. The third-order valence-corrected chi connectivity index (χ3v) is 2.21. The van der Waals surface area contributed by atoms with Crippen molar-refractivity contribution in [1.82, 2.24) is 4.98 Å². The molecular weight excluding hydrogens is 183 g/mol. The molecule has 4 heteroatoms. The number of benzene rings is 1. The Labute approximate surface area is 81.2 Å². The Morgan fingerprint density at radius 1 is 1.14 bits per heavy atom. The molecule has 2 aromatic rings. The van der Waals surface area contributed by atoms with Gasteiger partial charge in [0.2, 0.25) is 0 Å². The molecule has 1 aromatic carbocycles. The fourth-order valence-corrected chi connectivity index (χ4v) is 1.37. The molecule has 1 N–H and O–H groups in total. The van der Waals surface area contributed by atoms with Gasteiger partial charge in [-0.2, -0.15) is 0 Å². The number of halogens is 2. The minimum atomic E-state index is -0.516. The molecule has 0 saturated heterocycles. The van der Waals surface area contributed by atoms with Crippen LogP contribution in [0.15, 0.2) is 30.5 Å². The van der Waals surface area contributed by atoms with E-state index in [0.29, 0.717) is 11.3 Å². The summed E-state index contributed by atoms with van der Waals surface area (Å²) in [4.78, 5) is 2.88. The van der Waals surface area contributed by atoms with E-state index in [2.05, 4.69) is 4.98 Å². The van der Waals surface area contributed by atoms with Gasteiger partial charge in [0.05, 0.1) is 0 Å². The molecule has 0 spiro atoms. The fourth-order valence-electron chi connectivity index (χ4n) is 1.37. The van der Waals surface area contributed by atoms with Gasteiger partial charge in [0.25, 0.3) is 0 Å². The third kappa shape index (κ3) is 1.33. The minimum absolute atomic E-state index is 0.0529. The highest BCUT2D eigenvalue weighted by Crippen LogP contribution is 2.19. The van der Waals surface area contributed by atoms with E-state index in [4.69, 9.17) is 0 Å². The average molecular weight is 191 g/mol. The first-order chi connectivity index (χ1) is 6.70. The molecule has 0 aliphatic rings. The molecule has 0 radical (unpaired) electrons. The van der Waals surface area contributed by atoms with Crippen molar-refractivity contribution in [3.8, 4) is 11.3 Å². The monoisotopic (exact) mass is 191 g/mol. The third-order valence-electron chi connectivity index (χ3n) is 2.21. The van der Waals surface area contributed by atoms with E-state index < -0.39 is 11.6 Å². The van der Waals surface area contributed by atoms with Gasteiger partial charge in [-0.15, -0.1) is 0 Å². The Morgan fingerprint density at radius 2 is 1.93 bits per heavy atom. The van der Waals surface area contributed by atoms with Crippen LogP contribution in [0.2, 0.25) is 0 Å². The van der Waals surface area contributed by atoms with Crippen molar-refractivity contribution < 1.29 is 8.78 Å². The summed E-state index contributed by atoms with van der Waals surface area (Å²) in [5.74, 6) is -1.02. The van der Waals surface area contributed by atoms with E-state index >= 15 is 0 Å². The van der Waals surface area contributed by atoms with Crippen molar-refractivity contribution in [2.45, 2.75) is 0 Å². The number of H-pyrrole nitrogens is 1. The Morgan fingerprint density at radius 3 is 2.57 bits per heavy atom. The topological polar surface area (TPSA) is 15.8 Å². The predicted molar refractivity (Wildman–Crippen MR) is 54.3 cm³/mol. The highest BCUT2D eigenvalue weighted by Gasteiger charge is 2.10. The number of nitrogens with one attached hydrogen (secondary N) is 1. The van der Waals surface area contributed by atoms with Crippen LogP contribution in [0.4, 0.5) is 8.78 Å². The summed E-state index contributed by atoms with van der Waals surface area (Å²) in [5, 5.41) is 0. The van der Waals surface area contributed by atoms with Gasteiger partial charge in [0.1, 0.15) is 19.5 Å². The van der Waals surface area contributed by atoms with Crippen molar-refractivity contribution in [3.05, 3.63) is 42.1 Å². The van der Waals surface area contributed by atoms with E-state index in [1.165, 1.54) is 20.0 Å². The lowest BCUT2D eigenvalue weighted by Gasteiger charge is -2.04. The first-order valence-corrected chi connectivity index (χ1v) is 4.28. The summed E-state index contributed by atoms with van der Waals surface area (Å²) >= 11 is 0. The van der Waals surface area contributed by atoms with Crippen LogP contribution in [0.1, 0.15) is 0 Å². The van der Waals surface area contributed by atoms with Crippen molar-refractivity contribution in [2.75, 3.05) is 0 Å². The molecular formula is C10H8BF2N. The lowest BCUT2D eigenvalue weighted by molar-refractivity contribution is 0.600. The highest BCUT2D eigenvalue weighted by atomic mass is 19.1. The largest absolute Gasteiger partial charge is 0.361 e. The van der Waals surface area contributed by atoms with Gasteiger partial charge in [0, 0.05) is 17.5 Å². The Balaban J connectivity index is 2.61. The molecule has 0 unspecified atom stereocenters. The zero-order valence-electron chi connectivity index (χ0n) is 7.64. The molecule has 0 saturated carbocycles. The summed E-state index contributed by atoms with van der Waals surface area (Å²) in [6, 6.07) is 6.22. The van der Waals surface area contributed by atoms with Crippen molar-refractivity contribution in [2.24, 2.45) is 0 Å². The molecule has 14 heavy (non-hydrogen) atoms. The lowest BCUT2D eigenvalue weighted by Crippen LogP contribution is -2.14. The molecule has 0 fully saturated rings. The van der Waals surface area contributed by atoms with Crippen LogP contribution < -0.4 is 5.46 Å². The van der Waals surface area contributed by atoms with E-state index in [1.807, 2.05) is 0 Å². The number of aromatic nitrogens is 1. The van der Waals surface area contributed by atoms with Gasteiger partial charge in [-0.1, -0.05) is 0 Å². The second kappa shape index (κ2) is 3.29. The van der Waals surface area contributed by atoms with E-state index in [9.17, 15) is 8.78 Å². The molecule has 0 aliphatic carbocycles. The van der Waals surface area contributed by atoms with Crippen LogP contribution in [0.5, 0.6) is 0 Å². The summed E-state index contributed by atoms with van der Waals surface area (Å²) in [7, 11) is 1.43. The van der Waals surface area contributed by atoms with Crippen LogP contribution >= 0.6 is 0 Å². The summed E-state index contributed by atoms with van der Waals surface area (Å²) < 4.78 is 26.5. The molecule has 1 aromatic heterocycles. The van der Waals surface area contributed by atoms with Gasteiger partial charge < -0.3 is 4.98 Å². The molecule has 2 rings (SSSR count). The van der Waals surface area contributed by atoms with Gasteiger partial charge in [-0.05, 0) is 29.7 Å². The van der Waals surface area contributed by atoms with Crippen LogP contribution in [0.3, 0.4) is 0 Å². The van der Waals surface area contributed by atoms with Crippen LogP contribution in [-0.2, 0) is 0 Å². The second-order valence-corrected chi connectivity index (χ2v) is 3.12. The fraction of sp³-hybridized carbons (Fsp3) is 0. The van der Waals surface area contributed by atoms with E-state index in [0.717, 1.165) is 0 Å². The van der Waals surface area contributed by atoms with Crippen LogP contribution in [-0.4, -0.2) is 12.8 Å². The van der Waals surface area contributed by atoms with Crippen LogP contribution in [0.25, 0.3) is 11.3 Å². The smallest absolute Gasteiger partial charge is 0.147 e. The Bertz CT molecular complexity index is 451. The molecule has 1 nitrogen and oxygen atoms in total. The van der Waals surface area contributed by atoms with Crippen molar-refractivity contribution >= 4 is 13.3 Å². The quantitative estimate of drug-likeness (QED) is 0.652. The van der Waals surface area contributed by atoms with Crippen LogP contribution in [0, 0.1) is 11.6 Å². The highest BCUT2D eigenvalue weighted by molar-refractivity contribution is 6.33. The van der Waals surface area contributed by atoms with Gasteiger partial charge in [-0.25, -0.2) is 8.78 Å². The van der Waals surface area contributed by atoms with Gasteiger partial charge in [-0.3, -0.25) is 0 Å². The minimum Gasteiger partial charge on any atom is -0.361 e. The first kappa shape index (κ1) is 9.00. The number of hydrogen-bond acceptors (Lipinski definition) is 0. The summed E-state index contributed by atoms with van der Waals surface area (Å²) in [6.45, 7) is 0. The SMILES string of the molecule is Bc1c(F)ccc(-c2ccc[nH]2)c1F. The van der Waals surface area contributed by atoms with E-state index in [1.54, 1.807) is 18.3 Å². The second-order valence-electron chi connectivity index (χ2n) is 3.12. The van der Waals surface area contributed by atoms with E-state index in [-0.39, 0.29) is 5.46 Å². The normalized spacial score (nSPS) is 10.4. The Kier molecular flexibility index (Phi) is 2.12. The molecule has 1 heterocycles. The lowest BCUT2D eigenvalue weighted by atomic mass is 9.92. The molecule has 0 atom stereocenters. The summed E-state index contributed by atoms with van der Waals surface area (Å²) in [5.41, 5.74) is 1.11. The standard InChI is InChI=1S/C10H8BF2N/c11-9-7(12)4-3-6(10(9)13)8-2-1-5-14-8/h1-5,14H,11H2. The number of rotatable bonds is 1. The maximum Gasteiger partial charge on any atom is 0.147 e. The number of hydrogen-bond donors (Lipinski definition) is 1. The molecule has 0 amide bonds. The molecule has 70 valence electrons. The number of aromatic amines is 1. The first-order valence-electron chi connectivity index (χ1n) is 4.28. The van der Waals surface area contributed by atoms with Crippen molar-refractivity contribution in [3.63, 3.8) is 0 Å². The Hall–Kier alpha value is -1.58. The predicted octanol–water partition coefficient (Wildman–Crippen LogP) is 1.22. The summed E-state index contributed by atoms with van der Waals surface area (Å²) in [6.07, 6.45) is 1.70. The van der Waals surface area contributed by atoms with Crippen molar-refractivity contribution in [1.29, 1.82) is 0 Å². The zero-order chi connectivity index (χ0) is 10.1. The zero-order valence-corrected chi connectivity index (χ0v) is 7.64. The van der Waals surface area contributed by atoms with Gasteiger partial charge >= 0.3 is 0 Å².